The second-order valence-electron chi connectivity index (χ2n) is 5.42. The molecule has 1 aromatic carbocycles. The molecular weight excluding hydrogens is 309 g/mol. The Labute approximate surface area is 139 Å². The van der Waals surface area contributed by atoms with E-state index in [1.165, 1.54) is 16.7 Å². The van der Waals surface area contributed by atoms with Crippen molar-refractivity contribution in [2.24, 2.45) is 0 Å². The third-order valence-corrected chi connectivity index (χ3v) is 3.68. The number of imidazole rings is 1. The van der Waals surface area contributed by atoms with Crippen LogP contribution >= 0.6 is 0 Å². The molecule has 1 N–H and O–H groups in total. The highest BCUT2D eigenvalue weighted by Gasteiger charge is 2.19. The number of halogens is 1. The highest BCUT2D eigenvalue weighted by molar-refractivity contribution is 6.04. The number of nitrogens with one attached hydrogen (secondary N) is 1. The van der Waals surface area contributed by atoms with Crippen LogP contribution in [0.4, 0.5) is 10.1 Å². The number of benzene rings is 1. The van der Waals surface area contributed by atoms with Crippen LogP contribution in [0.5, 0.6) is 5.75 Å². The first-order valence-electron chi connectivity index (χ1n) is 7.74. The van der Waals surface area contributed by atoms with Gasteiger partial charge in [0.2, 0.25) is 0 Å². The summed E-state index contributed by atoms with van der Waals surface area (Å²) >= 11 is 0. The van der Waals surface area contributed by atoms with E-state index in [0.29, 0.717) is 34.9 Å². The summed E-state index contributed by atoms with van der Waals surface area (Å²) in [5, 5.41) is 2.83. The van der Waals surface area contributed by atoms with Crippen molar-refractivity contribution in [2.75, 3.05) is 12.4 Å². The molecule has 24 heavy (non-hydrogen) atoms. The Morgan fingerprint density at radius 1 is 1.33 bits per heavy atom. The minimum absolute atomic E-state index is 0.329. The Hall–Kier alpha value is -2.89. The normalized spacial score (nSPS) is 10.8. The van der Waals surface area contributed by atoms with Crippen LogP contribution in [0.3, 0.4) is 0 Å². The number of methoxy groups -OCH3 is 1. The second-order valence-corrected chi connectivity index (χ2v) is 5.42. The van der Waals surface area contributed by atoms with E-state index in [4.69, 9.17) is 4.74 Å². The molecule has 0 saturated heterocycles. The zero-order chi connectivity index (χ0) is 17.1. The Kier molecular flexibility index (Phi) is 4.46. The van der Waals surface area contributed by atoms with Crippen molar-refractivity contribution in [2.45, 2.75) is 19.8 Å². The van der Waals surface area contributed by atoms with Crippen LogP contribution in [-0.4, -0.2) is 22.4 Å². The maximum atomic E-state index is 13.6. The number of carbonyl (C=O) groups is 1. The van der Waals surface area contributed by atoms with Crippen LogP contribution in [0.2, 0.25) is 0 Å². The molecule has 3 aromatic rings. The number of pyridine rings is 1. The third kappa shape index (κ3) is 3.08. The van der Waals surface area contributed by atoms with Crippen LogP contribution in [0, 0.1) is 5.82 Å². The topological polar surface area (TPSA) is 55.6 Å². The van der Waals surface area contributed by atoms with Crippen LogP contribution in [0.1, 0.15) is 29.5 Å². The SMILES string of the molecule is CCCc1nc2ccc(F)cn2c1C(=O)Nc1cccc(OC)c1. The van der Waals surface area contributed by atoms with Gasteiger partial charge in [-0.1, -0.05) is 19.4 Å². The van der Waals surface area contributed by atoms with Crippen LogP contribution in [-0.2, 0) is 6.42 Å². The number of rotatable bonds is 5. The summed E-state index contributed by atoms with van der Waals surface area (Å²) in [6.45, 7) is 2.01. The van der Waals surface area contributed by atoms with Gasteiger partial charge in [-0.2, -0.15) is 0 Å². The average Bonchev–Trinajstić information content (AvgIpc) is 2.92. The average molecular weight is 327 g/mol. The van der Waals surface area contributed by atoms with E-state index >= 15 is 0 Å². The Morgan fingerprint density at radius 3 is 2.92 bits per heavy atom. The van der Waals surface area contributed by atoms with Gasteiger partial charge in [-0.3, -0.25) is 9.20 Å². The molecule has 0 spiro atoms. The fourth-order valence-corrected chi connectivity index (χ4v) is 2.61. The molecule has 0 bridgehead atoms. The Bertz CT molecular complexity index is 889. The van der Waals surface area contributed by atoms with Gasteiger partial charge < -0.3 is 10.1 Å². The molecular formula is C18H18FN3O2. The lowest BCUT2D eigenvalue weighted by molar-refractivity contribution is 0.102. The number of aromatic nitrogens is 2. The minimum Gasteiger partial charge on any atom is -0.497 e. The molecule has 2 aromatic heterocycles. The predicted octanol–water partition coefficient (Wildman–Crippen LogP) is 3.69. The summed E-state index contributed by atoms with van der Waals surface area (Å²) < 4.78 is 20.3. The van der Waals surface area contributed by atoms with Gasteiger partial charge in [0.05, 0.1) is 12.8 Å². The fourth-order valence-electron chi connectivity index (χ4n) is 2.61. The lowest BCUT2D eigenvalue weighted by atomic mass is 10.2. The molecule has 0 unspecified atom stereocenters. The number of amides is 1. The van der Waals surface area contributed by atoms with E-state index in [9.17, 15) is 9.18 Å². The molecule has 1 amide bonds. The summed E-state index contributed by atoms with van der Waals surface area (Å²) in [6, 6.07) is 9.97. The molecule has 2 heterocycles. The highest BCUT2D eigenvalue weighted by atomic mass is 19.1. The highest BCUT2D eigenvalue weighted by Crippen LogP contribution is 2.20. The third-order valence-electron chi connectivity index (χ3n) is 3.68. The summed E-state index contributed by atoms with van der Waals surface area (Å²) in [4.78, 5) is 17.2. The zero-order valence-corrected chi connectivity index (χ0v) is 13.5. The van der Waals surface area contributed by atoms with Gasteiger partial charge in [0.25, 0.3) is 5.91 Å². The van der Waals surface area contributed by atoms with Crippen molar-refractivity contribution in [3.63, 3.8) is 0 Å². The van der Waals surface area contributed by atoms with Crippen LogP contribution in [0.25, 0.3) is 5.65 Å². The van der Waals surface area contributed by atoms with Gasteiger partial charge in [-0.25, -0.2) is 9.37 Å². The number of carbonyl (C=O) groups excluding carboxylic acids is 1. The lowest BCUT2D eigenvalue weighted by Crippen LogP contribution is -2.16. The molecule has 3 rings (SSSR count). The largest absolute Gasteiger partial charge is 0.497 e. The first kappa shape index (κ1) is 16.0. The smallest absolute Gasteiger partial charge is 0.274 e. The second kappa shape index (κ2) is 6.70. The van der Waals surface area contributed by atoms with Gasteiger partial charge in [0.1, 0.15) is 22.9 Å². The zero-order valence-electron chi connectivity index (χ0n) is 13.5. The van der Waals surface area contributed by atoms with E-state index in [1.54, 1.807) is 37.4 Å². The number of fused-ring (bicyclic) bond motifs is 1. The van der Waals surface area contributed by atoms with Crippen LogP contribution in [0.15, 0.2) is 42.6 Å². The standard InChI is InChI=1S/C18H18FN3O2/c1-3-5-15-17(22-11-12(19)8-9-16(22)21-15)18(23)20-13-6-4-7-14(10-13)24-2/h4,6-11H,3,5H2,1-2H3,(H,20,23). The minimum atomic E-state index is -0.418. The molecule has 0 radical (unpaired) electrons. The maximum Gasteiger partial charge on any atom is 0.274 e. The Morgan fingerprint density at radius 2 is 2.17 bits per heavy atom. The van der Waals surface area contributed by atoms with Crippen molar-refractivity contribution < 1.29 is 13.9 Å². The first-order valence-corrected chi connectivity index (χ1v) is 7.74. The summed E-state index contributed by atoms with van der Waals surface area (Å²) in [5.74, 6) is -0.103. The maximum absolute atomic E-state index is 13.6. The van der Waals surface area contributed by atoms with E-state index in [0.717, 1.165) is 6.42 Å². The number of anilines is 1. The number of hydrogen-bond acceptors (Lipinski definition) is 3. The van der Waals surface area contributed by atoms with Gasteiger partial charge in [0.15, 0.2) is 0 Å². The van der Waals surface area contributed by atoms with Gasteiger partial charge in [-0.05, 0) is 30.7 Å². The first-order chi connectivity index (χ1) is 11.6. The van der Waals surface area contributed by atoms with E-state index in [2.05, 4.69) is 10.3 Å². The Balaban J connectivity index is 2.01. The van der Waals surface area contributed by atoms with Crippen molar-refractivity contribution in [1.29, 1.82) is 0 Å². The van der Waals surface area contributed by atoms with E-state index < -0.39 is 5.82 Å². The summed E-state index contributed by atoms with van der Waals surface area (Å²) in [5.41, 5.74) is 2.17. The van der Waals surface area contributed by atoms with Crippen molar-refractivity contribution in [3.05, 3.63) is 59.8 Å². The number of ether oxygens (including phenoxy) is 1. The molecule has 0 saturated carbocycles. The van der Waals surface area contributed by atoms with E-state index in [1.807, 2.05) is 6.92 Å². The predicted molar refractivity (Wildman–Crippen MR) is 90.1 cm³/mol. The van der Waals surface area contributed by atoms with Gasteiger partial charge in [0, 0.05) is 18.0 Å². The van der Waals surface area contributed by atoms with Crippen molar-refractivity contribution in [3.8, 4) is 5.75 Å². The molecule has 0 aliphatic carbocycles. The molecule has 124 valence electrons. The molecule has 0 atom stereocenters. The van der Waals surface area contributed by atoms with Crippen LogP contribution < -0.4 is 10.1 Å². The van der Waals surface area contributed by atoms with Crippen molar-refractivity contribution in [1.82, 2.24) is 9.38 Å². The number of hydrogen-bond donors (Lipinski definition) is 1. The van der Waals surface area contributed by atoms with Crippen molar-refractivity contribution >= 4 is 17.2 Å². The quantitative estimate of drug-likeness (QED) is 0.777. The molecule has 0 fully saturated rings. The lowest BCUT2D eigenvalue weighted by Gasteiger charge is -2.08. The molecule has 6 heteroatoms. The molecule has 0 aliphatic heterocycles. The fraction of sp³-hybridized carbons (Fsp3) is 0.222. The monoisotopic (exact) mass is 327 g/mol. The van der Waals surface area contributed by atoms with E-state index in [-0.39, 0.29) is 5.91 Å². The summed E-state index contributed by atoms with van der Waals surface area (Å²) in [6.07, 6.45) is 2.76. The number of nitrogens with zero attached hydrogens (tertiary/aromatic N) is 2. The summed E-state index contributed by atoms with van der Waals surface area (Å²) in [7, 11) is 1.56. The van der Waals surface area contributed by atoms with Gasteiger partial charge in [-0.15, -0.1) is 0 Å². The number of aryl methyl sites for hydroxylation is 1. The van der Waals surface area contributed by atoms with Gasteiger partial charge >= 0.3 is 0 Å². The molecule has 5 nitrogen and oxygen atoms in total. The molecule has 0 aliphatic rings.